The Labute approximate surface area is 108 Å². The van der Waals surface area contributed by atoms with Gasteiger partial charge in [-0.15, -0.1) is 0 Å². The van der Waals surface area contributed by atoms with E-state index in [-0.39, 0.29) is 11.3 Å². The van der Waals surface area contributed by atoms with Crippen molar-refractivity contribution in [2.45, 2.75) is 33.1 Å². The van der Waals surface area contributed by atoms with E-state index in [0.717, 1.165) is 38.0 Å². The number of piperidine rings is 1. The zero-order valence-electron chi connectivity index (χ0n) is 11.1. The average Bonchev–Trinajstić information content (AvgIpc) is 2.39. The summed E-state index contributed by atoms with van der Waals surface area (Å²) in [6.45, 7) is 5.78. The summed E-state index contributed by atoms with van der Waals surface area (Å²) in [7, 11) is 0. The Bertz CT molecular complexity index is 425. The van der Waals surface area contributed by atoms with Crippen LogP contribution in [0.4, 0.5) is 5.82 Å². The van der Waals surface area contributed by atoms with Crippen LogP contribution in [0, 0.1) is 12.3 Å². The van der Waals surface area contributed by atoms with E-state index in [1.54, 1.807) is 0 Å². The quantitative estimate of drug-likeness (QED) is 0.860. The van der Waals surface area contributed by atoms with Crippen molar-refractivity contribution in [1.82, 2.24) is 10.3 Å². The SMILES string of the molecule is CCC1(C(=O)Nc2cccc(C)n2)CCCNC1. The van der Waals surface area contributed by atoms with E-state index in [0.29, 0.717) is 5.82 Å². The van der Waals surface area contributed by atoms with E-state index in [9.17, 15) is 4.79 Å². The summed E-state index contributed by atoms with van der Waals surface area (Å²) in [6, 6.07) is 5.67. The standard InChI is InChI=1S/C14H21N3O/c1-3-14(8-5-9-15-10-14)13(18)17-12-7-4-6-11(2)16-12/h4,6-7,15H,3,5,8-10H2,1-2H3,(H,16,17,18). The molecule has 2 N–H and O–H groups in total. The van der Waals surface area contributed by atoms with E-state index in [1.807, 2.05) is 25.1 Å². The first-order valence-electron chi connectivity index (χ1n) is 6.62. The molecular formula is C14H21N3O. The molecule has 1 saturated heterocycles. The molecular weight excluding hydrogens is 226 g/mol. The maximum atomic E-state index is 12.4. The summed E-state index contributed by atoms with van der Waals surface area (Å²) >= 11 is 0. The number of hydrogen-bond donors (Lipinski definition) is 2. The average molecular weight is 247 g/mol. The minimum atomic E-state index is -0.274. The Kier molecular flexibility index (Phi) is 3.97. The predicted octanol–water partition coefficient (Wildman–Crippen LogP) is 2.11. The topological polar surface area (TPSA) is 54.0 Å². The predicted molar refractivity (Wildman–Crippen MR) is 72.4 cm³/mol. The maximum absolute atomic E-state index is 12.4. The highest BCUT2D eigenvalue weighted by atomic mass is 16.2. The van der Waals surface area contributed by atoms with Crippen molar-refractivity contribution in [2.24, 2.45) is 5.41 Å². The van der Waals surface area contributed by atoms with Gasteiger partial charge in [-0.25, -0.2) is 4.98 Å². The normalized spacial score (nSPS) is 23.7. The van der Waals surface area contributed by atoms with Gasteiger partial charge in [0, 0.05) is 12.2 Å². The first-order chi connectivity index (χ1) is 8.66. The van der Waals surface area contributed by atoms with Gasteiger partial charge >= 0.3 is 0 Å². The highest BCUT2D eigenvalue weighted by Gasteiger charge is 2.37. The molecule has 0 spiro atoms. The molecule has 1 atom stereocenters. The number of nitrogens with zero attached hydrogens (tertiary/aromatic N) is 1. The second-order valence-corrected chi connectivity index (χ2v) is 5.03. The van der Waals surface area contributed by atoms with E-state index in [4.69, 9.17) is 0 Å². The Morgan fingerprint density at radius 1 is 1.56 bits per heavy atom. The van der Waals surface area contributed by atoms with E-state index in [1.165, 1.54) is 0 Å². The molecule has 0 aliphatic carbocycles. The fourth-order valence-corrected chi connectivity index (χ4v) is 2.49. The number of rotatable bonds is 3. The largest absolute Gasteiger partial charge is 0.316 e. The third kappa shape index (κ3) is 2.70. The number of aryl methyl sites for hydroxylation is 1. The maximum Gasteiger partial charge on any atom is 0.233 e. The number of pyridine rings is 1. The monoisotopic (exact) mass is 247 g/mol. The van der Waals surface area contributed by atoms with Crippen molar-refractivity contribution >= 4 is 11.7 Å². The fourth-order valence-electron chi connectivity index (χ4n) is 2.49. The summed E-state index contributed by atoms with van der Waals surface area (Å²) in [6.07, 6.45) is 2.87. The number of carbonyl (C=O) groups excluding carboxylic acids is 1. The third-order valence-electron chi connectivity index (χ3n) is 3.76. The summed E-state index contributed by atoms with van der Waals surface area (Å²) in [5.74, 6) is 0.744. The zero-order chi connectivity index (χ0) is 13.0. The molecule has 1 unspecified atom stereocenters. The molecule has 0 bridgehead atoms. The lowest BCUT2D eigenvalue weighted by Gasteiger charge is -2.35. The number of anilines is 1. The van der Waals surface area contributed by atoms with Crippen molar-refractivity contribution in [1.29, 1.82) is 0 Å². The minimum Gasteiger partial charge on any atom is -0.316 e. The molecule has 0 aromatic carbocycles. The molecule has 1 aliphatic heterocycles. The van der Waals surface area contributed by atoms with Gasteiger partial charge in [0.15, 0.2) is 0 Å². The van der Waals surface area contributed by atoms with E-state index in [2.05, 4.69) is 22.5 Å². The van der Waals surface area contributed by atoms with Gasteiger partial charge in [0.1, 0.15) is 5.82 Å². The van der Waals surface area contributed by atoms with Crippen molar-refractivity contribution in [2.75, 3.05) is 18.4 Å². The van der Waals surface area contributed by atoms with E-state index >= 15 is 0 Å². The molecule has 0 saturated carbocycles. The Balaban J connectivity index is 2.10. The van der Waals surface area contributed by atoms with Crippen LogP contribution < -0.4 is 10.6 Å². The summed E-state index contributed by atoms with van der Waals surface area (Å²) in [4.78, 5) is 16.8. The van der Waals surface area contributed by atoms with Crippen LogP contribution in [-0.4, -0.2) is 24.0 Å². The van der Waals surface area contributed by atoms with Crippen LogP contribution in [-0.2, 0) is 4.79 Å². The second kappa shape index (κ2) is 5.48. The Hall–Kier alpha value is -1.42. The fraction of sp³-hybridized carbons (Fsp3) is 0.571. The van der Waals surface area contributed by atoms with Crippen LogP contribution >= 0.6 is 0 Å². The molecule has 1 aromatic heterocycles. The number of hydrogen-bond acceptors (Lipinski definition) is 3. The van der Waals surface area contributed by atoms with Gasteiger partial charge in [0.2, 0.25) is 5.91 Å². The molecule has 0 radical (unpaired) electrons. The van der Waals surface area contributed by atoms with E-state index < -0.39 is 0 Å². The van der Waals surface area contributed by atoms with Crippen molar-refractivity contribution in [3.8, 4) is 0 Å². The summed E-state index contributed by atoms with van der Waals surface area (Å²) < 4.78 is 0. The lowest BCUT2D eigenvalue weighted by molar-refractivity contribution is -0.126. The minimum absolute atomic E-state index is 0.0929. The van der Waals surface area contributed by atoms with Crippen LogP contribution in [0.25, 0.3) is 0 Å². The lowest BCUT2D eigenvalue weighted by Crippen LogP contribution is -2.47. The molecule has 1 amide bonds. The number of carbonyl (C=O) groups is 1. The van der Waals surface area contributed by atoms with Gasteiger partial charge in [-0.2, -0.15) is 0 Å². The Morgan fingerprint density at radius 2 is 2.39 bits per heavy atom. The summed E-state index contributed by atoms with van der Waals surface area (Å²) in [5, 5.41) is 6.28. The van der Waals surface area contributed by atoms with Crippen molar-refractivity contribution in [3.63, 3.8) is 0 Å². The number of amides is 1. The molecule has 4 nitrogen and oxygen atoms in total. The van der Waals surface area contributed by atoms with Crippen LogP contribution in [0.3, 0.4) is 0 Å². The van der Waals surface area contributed by atoms with Crippen LogP contribution in [0.2, 0.25) is 0 Å². The van der Waals surface area contributed by atoms with Crippen LogP contribution in [0.1, 0.15) is 31.9 Å². The first kappa shape index (κ1) is 13.0. The van der Waals surface area contributed by atoms with Gasteiger partial charge in [-0.3, -0.25) is 4.79 Å². The zero-order valence-corrected chi connectivity index (χ0v) is 11.1. The molecule has 2 heterocycles. The first-order valence-corrected chi connectivity index (χ1v) is 6.62. The number of nitrogens with one attached hydrogen (secondary N) is 2. The second-order valence-electron chi connectivity index (χ2n) is 5.03. The summed E-state index contributed by atoms with van der Waals surface area (Å²) in [5.41, 5.74) is 0.643. The van der Waals surface area contributed by atoms with Gasteiger partial charge in [0.25, 0.3) is 0 Å². The molecule has 1 fully saturated rings. The molecule has 98 valence electrons. The van der Waals surface area contributed by atoms with Gasteiger partial charge in [0.05, 0.1) is 5.41 Å². The van der Waals surface area contributed by atoms with Crippen molar-refractivity contribution < 1.29 is 4.79 Å². The molecule has 4 heteroatoms. The van der Waals surface area contributed by atoms with Gasteiger partial charge in [-0.1, -0.05) is 13.0 Å². The van der Waals surface area contributed by atoms with Gasteiger partial charge in [-0.05, 0) is 44.9 Å². The highest BCUT2D eigenvalue weighted by molar-refractivity contribution is 5.94. The van der Waals surface area contributed by atoms with Crippen molar-refractivity contribution in [3.05, 3.63) is 23.9 Å². The molecule has 18 heavy (non-hydrogen) atoms. The van der Waals surface area contributed by atoms with Gasteiger partial charge < -0.3 is 10.6 Å². The third-order valence-corrected chi connectivity index (χ3v) is 3.76. The van der Waals surface area contributed by atoms with Crippen LogP contribution in [0.15, 0.2) is 18.2 Å². The highest BCUT2D eigenvalue weighted by Crippen LogP contribution is 2.31. The molecule has 2 rings (SSSR count). The molecule has 1 aliphatic rings. The molecule has 1 aromatic rings. The smallest absolute Gasteiger partial charge is 0.233 e. The Morgan fingerprint density at radius 3 is 3.00 bits per heavy atom. The van der Waals surface area contributed by atoms with Crippen LogP contribution in [0.5, 0.6) is 0 Å². The number of aromatic nitrogens is 1. The lowest BCUT2D eigenvalue weighted by atomic mass is 9.77.